The molecule has 0 radical (unpaired) electrons. The quantitative estimate of drug-likeness (QED) is 0.811. The van der Waals surface area contributed by atoms with E-state index in [9.17, 15) is 8.42 Å². The van der Waals surface area contributed by atoms with Gasteiger partial charge in [-0.15, -0.1) is 0 Å². The second-order valence-corrected chi connectivity index (χ2v) is 6.33. The summed E-state index contributed by atoms with van der Waals surface area (Å²) in [5.41, 5.74) is 0.800. The molecule has 0 unspecified atom stereocenters. The first-order valence-corrected chi connectivity index (χ1v) is 7.42. The molecule has 0 aliphatic carbocycles. The van der Waals surface area contributed by atoms with Crippen LogP contribution in [0, 0.1) is 6.92 Å². The maximum Gasteiger partial charge on any atom is 0.243 e. The third kappa shape index (κ3) is 3.07. The molecule has 0 heterocycles. The van der Waals surface area contributed by atoms with E-state index in [2.05, 4.69) is 0 Å². The predicted octanol–water partition coefficient (Wildman–Crippen LogP) is 2.80. The SMILES string of the molecule is CCCN(C(C)C)S(=O)(=O)c1ccccc1C. The van der Waals surface area contributed by atoms with Crippen LogP contribution in [0.5, 0.6) is 0 Å². The number of sulfonamides is 1. The molecule has 96 valence electrons. The second kappa shape index (κ2) is 5.65. The zero-order chi connectivity index (χ0) is 13.1. The Kier molecular flexibility index (Phi) is 4.71. The molecule has 0 fully saturated rings. The summed E-state index contributed by atoms with van der Waals surface area (Å²) in [6.45, 7) is 8.20. The van der Waals surface area contributed by atoms with Gasteiger partial charge in [0.1, 0.15) is 0 Å². The van der Waals surface area contributed by atoms with Crippen LogP contribution in [0.15, 0.2) is 29.2 Å². The van der Waals surface area contributed by atoms with Crippen LogP contribution in [-0.4, -0.2) is 25.3 Å². The van der Waals surface area contributed by atoms with Gasteiger partial charge in [0.15, 0.2) is 0 Å². The number of aryl methyl sites for hydroxylation is 1. The summed E-state index contributed by atoms with van der Waals surface area (Å²) in [6, 6.07) is 7.12. The van der Waals surface area contributed by atoms with Gasteiger partial charge in [0, 0.05) is 12.6 Å². The first kappa shape index (κ1) is 14.2. The average molecular weight is 255 g/mol. The molecule has 1 aromatic rings. The smallest absolute Gasteiger partial charge is 0.207 e. The topological polar surface area (TPSA) is 37.4 Å². The first-order chi connectivity index (χ1) is 7.91. The lowest BCUT2D eigenvalue weighted by Gasteiger charge is -2.26. The second-order valence-electron chi connectivity index (χ2n) is 4.48. The summed E-state index contributed by atoms with van der Waals surface area (Å²) in [7, 11) is -3.36. The van der Waals surface area contributed by atoms with E-state index in [1.54, 1.807) is 16.4 Å². The molecule has 0 aromatic heterocycles. The number of rotatable bonds is 5. The van der Waals surface area contributed by atoms with Gasteiger partial charge in [-0.2, -0.15) is 4.31 Å². The zero-order valence-corrected chi connectivity index (χ0v) is 11.8. The summed E-state index contributed by atoms with van der Waals surface area (Å²) >= 11 is 0. The standard InChI is InChI=1S/C13H21NO2S/c1-5-10-14(11(2)3)17(15,16)13-9-7-6-8-12(13)4/h6-9,11H,5,10H2,1-4H3. The molecule has 0 aliphatic heterocycles. The van der Waals surface area contributed by atoms with Crippen molar-refractivity contribution in [3.8, 4) is 0 Å². The summed E-state index contributed by atoms with van der Waals surface area (Å²) < 4.78 is 26.6. The van der Waals surface area contributed by atoms with Gasteiger partial charge in [0.25, 0.3) is 0 Å². The molecular weight excluding hydrogens is 234 g/mol. The fourth-order valence-corrected chi connectivity index (χ4v) is 3.80. The Morgan fingerprint density at radius 2 is 1.82 bits per heavy atom. The van der Waals surface area contributed by atoms with Crippen molar-refractivity contribution >= 4 is 10.0 Å². The van der Waals surface area contributed by atoms with Crippen LogP contribution in [0.25, 0.3) is 0 Å². The van der Waals surface area contributed by atoms with Gasteiger partial charge in [0.2, 0.25) is 10.0 Å². The van der Waals surface area contributed by atoms with E-state index in [1.165, 1.54) is 0 Å². The van der Waals surface area contributed by atoms with Crippen molar-refractivity contribution in [1.82, 2.24) is 4.31 Å². The van der Waals surface area contributed by atoms with Gasteiger partial charge in [-0.1, -0.05) is 25.1 Å². The van der Waals surface area contributed by atoms with Crippen molar-refractivity contribution in [3.63, 3.8) is 0 Å². The fourth-order valence-electron chi connectivity index (χ4n) is 1.85. The summed E-state index contributed by atoms with van der Waals surface area (Å²) in [4.78, 5) is 0.419. The normalized spacial score (nSPS) is 12.4. The van der Waals surface area contributed by atoms with E-state index >= 15 is 0 Å². The zero-order valence-electron chi connectivity index (χ0n) is 11.0. The Morgan fingerprint density at radius 3 is 2.29 bits per heavy atom. The highest BCUT2D eigenvalue weighted by Crippen LogP contribution is 2.21. The minimum atomic E-state index is -3.36. The van der Waals surface area contributed by atoms with Crippen LogP contribution in [0.2, 0.25) is 0 Å². The number of hydrogen-bond acceptors (Lipinski definition) is 2. The van der Waals surface area contributed by atoms with Crippen LogP contribution in [0.3, 0.4) is 0 Å². The molecule has 17 heavy (non-hydrogen) atoms. The third-order valence-corrected chi connectivity index (χ3v) is 4.94. The van der Waals surface area contributed by atoms with Crippen LogP contribution in [0.1, 0.15) is 32.8 Å². The summed E-state index contributed by atoms with van der Waals surface area (Å²) in [5, 5.41) is 0. The van der Waals surface area contributed by atoms with Crippen molar-refractivity contribution in [1.29, 1.82) is 0 Å². The van der Waals surface area contributed by atoms with E-state index in [-0.39, 0.29) is 6.04 Å². The van der Waals surface area contributed by atoms with Crippen molar-refractivity contribution in [2.45, 2.75) is 45.1 Å². The Morgan fingerprint density at radius 1 is 1.24 bits per heavy atom. The Bertz CT molecular complexity index is 466. The molecule has 1 rings (SSSR count). The van der Waals surface area contributed by atoms with Gasteiger partial charge in [-0.05, 0) is 38.8 Å². The van der Waals surface area contributed by atoms with Crippen molar-refractivity contribution in [2.75, 3.05) is 6.54 Å². The monoisotopic (exact) mass is 255 g/mol. The van der Waals surface area contributed by atoms with E-state index in [1.807, 2.05) is 39.8 Å². The minimum Gasteiger partial charge on any atom is -0.207 e. The number of benzene rings is 1. The van der Waals surface area contributed by atoms with Gasteiger partial charge >= 0.3 is 0 Å². The van der Waals surface area contributed by atoms with Crippen molar-refractivity contribution < 1.29 is 8.42 Å². The molecular formula is C13H21NO2S. The molecule has 3 nitrogen and oxygen atoms in total. The summed E-state index contributed by atoms with van der Waals surface area (Å²) in [5.74, 6) is 0. The molecule has 0 atom stereocenters. The maximum atomic E-state index is 12.5. The molecule has 0 amide bonds. The first-order valence-electron chi connectivity index (χ1n) is 5.98. The molecule has 0 aliphatic rings. The van der Waals surface area contributed by atoms with Crippen LogP contribution in [0.4, 0.5) is 0 Å². The number of hydrogen-bond donors (Lipinski definition) is 0. The lowest BCUT2D eigenvalue weighted by atomic mass is 10.2. The minimum absolute atomic E-state index is 0.0143. The van der Waals surface area contributed by atoms with Gasteiger partial charge in [-0.3, -0.25) is 0 Å². The molecule has 1 aromatic carbocycles. The van der Waals surface area contributed by atoms with Crippen molar-refractivity contribution in [3.05, 3.63) is 29.8 Å². The highest BCUT2D eigenvalue weighted by atomic mass is 32.2. The van der Waals surface area contributed by atoms with Gasteiger partial charge in [-0.25, -0.2) is 8.42 Å². The molecule has 0 saturated heterocycles. The lowest BCUT2D eigenvalue weighted by molar-refractivity contribution is 0.354. The highest BCUT2D eigenvalue weighted by molar-refractivity contribution is 7.89. The highest BCUT2D eigenvalue weighted by Gasteiger charge is 2.27. The van der Waals surface area contributed by atoms with Gasteiger partial charge < -0.3 is 0 Å². The summed E-state index contributed by atoms with van der Waals surface area (Å²) in [6.07, 6.45) is 0.823. The van der Waals surface area contributed by atoms with E-state index in [0.717, 1.165) is 12.0 Å². The van der Waals surface area contributed by atoms with Gasteiger partial charge in [0.05, 0.1) is 4.90 Å². The molecule has 0 bridgehead atoms. The van der Waals surface area contributed by atoms with Crippen LogP contribution >= 0.6 is 0 Å². The largest absolute Gasteiger partial charge is 0.243 e. The van der Waals surface area contributed by atoms with E-state index in [0.29, 0.717) is 11.4 Å². The van der Waals surface area contributed by atoms with Crippen molar-refractivity contribution in [2.24, 2.45) is 0 Å². The van der Waals surface area contributed by atoms with E-state index in [4.69, 9.17) is 0 Å². The number of nitrogens with zero attached hydrogens (tertiary/aromatic N) is 1. The van der Waals surface area contributed by atoms with Crippen LogP contribution < -0.4 is 0 Å². The van der Waals surface area contributed by atoms with Crippen LogP contribution in [-0.2, 0) is 10.0 Å². The Balaban J connectivity index is 3.22. The predicted molar refractivity (Wildman–Crippen MR) is 70.5 cm³/mol. The molecule has 0 N–H and O–H groups in total. The fraction of sp³-hybridized carbons (Fsp3) is 0.538. The lowest BCUT2D eigenvalue weighted by Crippen LogP contribution is -2.37. The molecule has 0 saturated carbocycles. The molecule has 0 spiro atoms. The Labute approximate surface area is 105 Å². The average Bonchev–Trinajstić information content (AvgIpc) is 2.25. The van der Waals surface area contributed by atoms with E-state index < -0.39 is 10.0 Å². The Hall–Kier alpha value is -0.870. The third-order valence-electron chi connectivity index (χ3n) is 2.70. The maximum absolute atomic E-state index is 12.5. The molecule has 4 heteroatoms.